The normalized spacial score (nSPS) is 11.8. The summed E-state index contributed by atoms with van der Waals surface area (Å²) in [5, 5.41) is 16.5. The maximum atomic E-state index is 12.8. The van der Waals surface area contributed by atoms with Crippen LogP contribution in [0.3, 0.4) is 0 Å². The van der Waals surface area contributed by atoms with Gasteiger partial charge in [0.25, 0.3) is 5.91 Å². The van der Waals surface area contributed by atoms with Crippen molar-refractivity contribution in [1.29, 1.82) is 0 Å². The summed E-state index contributed by atoms with van der Waals surface area (Å²) >= 11 is 0. The number of aromatic carboxylic acids is 1. The number of fused-ring (bicyclic) bond motifs is 1. The first-order valence-corrected chi connectivity index (χ1v) is 11.3. The minimum Gasteiger partial charge on any atom is -0.497 e. The van der Waals surface area contributed by atoms with E-state index in [1.807, 2.05) is 43.3 Å². The van der Waals surface area contributed by atoms with Gasteiger partial charge in [0.05, 0.1) is 24.2 Å². The third-order valence-corrected chi connectivity index (χ3v) is 5.65. The molecule has 184 valence electrons. The Balaban J connectivity index is 1.62. The number of aromatic nitrogens is 2. The van der Waals surface area contributed by atoms with Gasteiger partial charge in [-0.25, -0.2) is 14.8 Å². The molecule has 0 radical (unpaired) electrons. The molecule has 1 amide bonds. The predicted molar refractivity (Wildman–Crippen MR) is 139 cm³/mol. The summed E-state index contributed by atoms with van der Waals surface area (Å²) < 4.78 is 5.15. The van der Waals surface area contributed by atoms with Gasteiger partial charge < -0.3 is 25.4 Å². The van der Waals surface area contributed by atoms with Crippen molar-refractivity contribution in [3.05, 3.63) is 89.7 Å². The van der Waals surface area contributed by atoms with Gasteiger partial charge >= 0.3 is 5.97 Å². The fraction of sp³-hybridized carbons (Fsp3) is 0.185. The number of nitrogens with zero attached hydrogens (tertiary/aromatic N) is 3. The number of carbonyl (C=O) groups excluding carboxylic acids is 1. The second-order valence-corrected chi connectivity index (χ2v) is 8.50. The number of carboxylic acids is 1. The van der Waals surface area contributed by atoms with Gasteiger partial charge in [0.2, 0.25) is 0 Å². The van der Waals surface area contributed by atoms with E-state index in [1.54, 1.807) is 43.5 Å². The molecule has 9 nitrogen and oxygen atoms in total. The van der Waals surface area contributed by atoms with Crippen molar-refractivity contribution in [2.45, 2.75) is 6.04 Å². The van der Waals surface area contributed by atoms with Crippen LogP contribution < -0.4 is 15.4 Å². The summed E-state index contributed by atoms with van der Waals surface area (Å²) in [5.74, 6) is -0.0631. The molecular weight excluding hydrogens is 458 g/mol. The Morgan fingerprint density at radius 3 is 2.47 bits per heavy atom. The number of benzene rings is 3. The molecule has 1 heterocycles. The average molecular weight is 486 g/mol. The van der Waals surface area contributed by atoms with Crippen LogP contribution in [0.15, 0.2) is 73.1 Å². The van der Waals surface area contributed by atoms with E-state index in [1.165, 1.54) is 12.4 Å². The standard InChI is InChI=1S/C27H27N5O4/c1-32(2)15-23(31-25-21-8-5-9-22(27(34)35)24(21)28-16-29-25)18-6-4-7-19(14-18)30-26(33)17-10-12-20(36-3)13-11-17/h4-14,16,23H,15H2,1-3H3,(H,30,33)(H,34,35)(H,28,29,31). The molecule has 36 heavy (non-hydrogen) atoms. The third-order valence-electron chi connectivity index (χ3n) is 5.65. The maximum Gasteiger partial charge on any atom is 0.337 e. The first-order chi connectivity index (χ1) is 17.4. The molecular formula is C27H27N5O4. The van der Waals surface area contributed by atoms with Crippen molar-refractivity contribution in [3.63, 3.8) is 0 Å². The molecule has 0 fully saturated rings. The first kappa shape index (κ1) is 24.6. The lowest BCUT2D eigenvalue weighted by Gasteiger charge is -2.24. The molecule has 0 saturated heterocycles. The highest BCUT2D eigenvalue weighted by Crippen LogP contribution is 2.28. The molecule has 3 aromatic carbocycles. The number of carbonyl (C=O) groups is 2. The zero-order valence-corrected chi connectivity index (χ0v) is 20.2. The van der Waals surface area contributed by atoms with Crippen molar-refractivity contribution < 1.29 is 19.4 Å². The lowest BCUT2D eigenvalue weighted by Crippen LogP contribution is -2.26. The highest BCUT2D eigenvalue weighted by molar-refractivity contribution is 6.05. The Morgan fingerprint density at radius 2 is 1.78 bits per heavy atom. The summed E-state index contributed by atoms with van der Waals surface area (Å²) in [6, 6.07) is 19.3. The van der Waals surface area contributed by atoms with Crippen LogP contribution in [0.25, 0.3) is 10.9 Å². The summed E-state index contributed by atoms with van der Waals surface area (Å²) in [6.45, 7) is 0.625. The number of likely N-dealkylation sites (N-methyl/N-ethyl adjacent to an activating group) is 1. The van der Waals surface area contributed by atoms with Gasteiger partial charge in [0.1, 0.15) is 17.9 Å². The van der Waals surface area contributed by atoms with E-state index in [0.29, 0.717) is 40.3 Å². The molecule has 1 atom stereocenters. The maximum absolute atomic E-state index is 12.8. The molecule has 0 aliphatic carbocycles. The number of nitrogens with one attached hydrogen (secondary N) is 2. The van der Waals surface area contributed by atoms with Crippen LogP contribution in [-0.2, 0) is 0 Å². The molecule has 3 N–H and O–H groups in total. The Morgan fingerprint density at radius 1 is 1.03 bits per heavy atom. The molecule has 0 bridgehead atoms. The third kappa shape index (κ3) is 5.59. The number of para-hydroxylation sites is 1. The van der Waals surface area contributed by atoms with Crippen molar-refractivity contribution in [2.75, 3.05) is 38.4 Å². The number of carboxylic acid groups (broad SMARTS) is 1. The molecule has 4 rings (SSSR count). The number of ether oxygens (including phenoxy) is 1. The number of hydrogen-bond acceptors (Lipinski definition) is 7. The van der Waals surface area contributed by atoms with Crippen LogP contribution in [0.4, 0.5) is 11.5 Å². The van der Waals surface area contributed by atoms with Crippen LogP contribution in [0, 0.1) is 0 Å². The van der Waals surface area contributed by atoms with E-state index in [2.05, 4.69) is 20.6 Å². The zero-order valence-electron chi connectivity index (χ0n) is 20.2. The Labute approximate surface area is 208 Å². The van der Waals surface area contributed by atoms with Gasteiger partial charge in [0.15, 0.2) is 0 Å². The van der Waals surface area contributed by atoms with E-state index >= 15 is 0 Å². The summed E-state index contributed by atoms with van der Waals surface area (Å²) in [6.07, 6.45) is 1.36. The van der Waals surface area contributed by atoms with E-state index in [4.69, 9.17) is 4.74 Å². The molecule has 0 aliphatic heterocycles. The molecule has 1 aromatic heterocycles. The molecule has 4 aromatic rings. The van der Waals surface area contributed by atoms with Crippen LogP contribution in [-0.4, -0.2) is 59.6 Å². The second-order valence-electron chi connectivity index (χ2n) is 8.50. The fourth-order valence-corrected chi connectivity index (χ4v) is 3.92. The quantitative estimate of drug-likeness (QED) is 0.321. The molecule has 0 saturated carbocycles. The van der Waals surface area contributed by atoms with E-state index in [0.717, 1.165) is 5.56 Å². The van der Waals surface area contributed by atoms with Gasteiger partial charge in [-0.15, -0.1) is 0 Å². The number of methoxy groups -OCH3 is 1. The zero-order chi connectivity index (χ0) is 25.7. The van der Waals surface area contributed by atoms with Crippen LogP contribution in [0.2, 0.25) is 0 Å². The highest BCUT2D eigenvalue weighted by Gasteiger charge is 2.18. The Bertz CT molecular complexity index is 1390. The van der Waals surface area contributed by atoms with Crippen molar-refractivity contribution in [1.82, 2.24) is 14.9 Å². The second kappa shape index (κ2) is 10.8. The Kier molecular flexibility index (Phi) is 7.41. The van der Waals surface area contributed by atoms with Crippen LogP contribution in [0.5, 0.6) is 5.75 Å². The van der Waals surface area contributed by atoms with E-state index < -0.39 is 5.97 Å². The minimum absolute atomic E-state index is 0.116. The number of hydrogen-bond donors (Lipinski definition) is 3. The van der Waals surface area contributed by atoms with Crippen LogP contribution >= 0.6 is 0 Å². The Hall–Kier alpha value is -4.50. The molecule has 9 heteroatoms. The smallest absolute Gasteiger partial charge is 0.337 e. The SMILES string of the molecule is COc1ccc(C(=O)Nc2cccc(C(CN(C)C)Nc3ncnc4c(C(=O)O)cccc34)c2)cc1. The van der Waals surface area contributed by atoms with Crippen molar-refractivity contribution in [2.24, 2.45) is 0 Å². The number of amides is 1. The topological polar surface area (TPSA) is 117 Å². The van der Waals surface area contributed by atoms with Gasteiger partial charge in [-0.2, -0.15) is 0 Å². The van der Waals surface area contributed by atoms with Gasteiger partial charge in [-0.1, -0.05) is 18.2 Å². The summed E-state index contributed by atoms with van der Waals surface area (Å²) in [5.41, 5.74) is 2.58. The first-order valence-electron chi connectivity index (χ1n) is 11.3. The fourth-order valence-electron chi connectivity index (χ4n) is 3.92. The lowest BCUT2D eigenvalue weighted by molar-refractivity contribution is 0.0698. The predicted octanol–water partition coefficient (Wildman–Crippen LogP) is 4.30. The number of rotatable bonds is 9. The van der Waals surface area contributed by atoms with E-state index in [9.17, 15) is 14.7 Å². The summed E-state index contributed by atoms with van der Waals surface area (Å²) in [4.78, 5) is 35.0. The van der Waals surface area contributed by atoms with Crippen LogP contribution in [0.1, 0.15) is 32.3 Å². The molecule has 0 spiro atoms. The minimum atomic E-state index is -1.05. The van der Waals surface area contributed by atoms with Crippen molar-refractivity contribution >= 4 is 34.3 Å². The van der Waals surface area contributed by atoms with Gasteiger partial charge in [0, 0.05) is 23.2 Å². The largest absolute Gasteiger partial charge is 0.497 e. The van der Waals surface area contributed by atoms with Crippen molar-refractivity contribution in [3.8, 4) is 5.75 Å². The average Bonchev–Trinajstić information content (AvgIpc) is 2.88. The molecule has 1 unspecified atom stereocenters. The number of anilines is 2. The van der Waals surface area contributed by atoms with Gasteiger partial charge in [-0.3, -0.25) is 4.79 Å². The van der Waals surface area contributed by atoms with Gasteiger partial charge in [-0.05, 0) is 68.2 Å². The lowest BCUT2D eigenvalue weighted by atomic mass is 10.0. The molecule has 0 aliphatic rings. The highest BCUT2D eigenvalue weighted by atomic mass is 16.5. The van der Waals surface area contributed by atoms with E-state index in [-0.39, 0.29) is 17.5 Å². The monoisotopic (exact) mass is 485 g/mol. The summed E-state index contributed by atoms with van der Waals surface area (Å²) in [7, 11) is 5.50.